The third-order valence-electron chi connectivity index (χ3n) is 2.71. The molecule has 0 aliphatic rings. The van der Waals surface area contributed by atoms with E-state index in [1.807, 2.05) is 6.92 Å². The van der Waals surface area contributed by atoms with Crippen LogP contribution in [0, 0.1) is 5.82 Å². The van der Waals surface area contributed by atoms with E-state index in [1.165, 1.54) is 6.07 Å². The van der Waals surface area contributed by atoms with Crippen LogP contribution in [0.25, 0.3) is 0 Å². The second-order valence-corrected chi connectivity index (χ2v) is 4.38. The summed E-state index contributed by atoms with van der Waals surface area (Å²) in [5, 5.41) is 2.75. The largest absolute Gasteiger partial charge is 0.380 e. The van der Waals surface area contributed by atoms with Crippen molar-refractivity contribution in [3.63, 3.8) is 0 Å². The summed E-state index contributed by atoms with van der Waals surface area (Å²) in [6.45, 7) is 3.38. The first-order valence-electron chi connectivity index (χ1n) is 6.34. The van der Waals surface area contributed by atoms with Crippen LogP contribution >= 0.6 is 0 Å². The number of ether oxygens (including phenoxy) is 1. The number of carbonyl (C=O) groups excluding carboxylic acids is 1. The molecule has 0 aliphatic carbocycles. The highest BCUT2D eigenvalue weighted by atomic mass is 19.1. The molecule has 0 spiro atoms. The topological polar surface area (TPSA) is 41.6 Å². The van der Waals surface area contributed by atoms with Gasteiger partial charge in [0.1, 0.15) is 11.9 Å². The molecular formula is C14H21FN2O2. The van der Waals surface area contributed by atoms with E-state index in [2.05, 4.69) is 5.32 Å². The van der Waals surface area contributed by atoms with Crippen molar-refractivity contribution in [2.45, 2.75) is 13.0 Å². The number of rotatable bonds is 7. The van der Waals surface area contributed by atoms with Crippen molar-refractivity contribution in [2.24, 2.45) is 0 Å². The molecule has 106 valence electrons. The summed E-state index contributed by atoms with van der Waals surface area (Å²) < 4.78 is 18.9. The molecule has 0 unspecified atom stereocenters. The lowest BCUT2D eigenvalue weighted by Crippen LogP contribution is -2.38. The summed E-state index contributed by atoms with van der Waals surface area (Å²) in [4.78, 5) is 13.8. The zero-order valence-corrected chi connectivity index (χ0v) is 11.6. The number of hydrogen-bond acceptors (Lipinski definition) is 3. The lowest BCUT2D eigenvalue weighted by atomic mass is 10.0. The highest BCUT2D eigenvalue weighted by molar-refractivity contribution is 5.83. The number of nitrogens with zero attached hydrogens (tertiary/aromatic N) is 1. The van der Waals surface area contributed by atoms with Gasteiger partial charge >= 0.3 is 0 Å². The molecule has 1 aromatic rings. The molecule has 1 amide bonds. The molecule has 1 aromatic carbocycles. The van der Waals surface area contributed by atoms with Crippen LogP contribution in [-0.2, 0) is 9.53 Å². The minimum atomic E-state index is -0.636. The number of nitrogens with one attached hydrogen (secondary N) is 1. The van der Waals surface area contributed by atoms with Gasteiger partial charge in [-0.1, -0.05) is 18.2 Å². The highest BCUT2D eigenvalue weighted by Gasteiger charge is 2.25. The average molecular weight is 268 g/mol. The highest BCUT2D eigenvalue weighted by Crippen LogP contribution is 2.21. The first kappa shape index (κ1) is 15.6. The van der Waals surface area contributed by atoms with Crippen molar-refractivity contribution in [1.29, 1.82) is 0 Å². The second-order valence-electron chi connectivity index (χ2n) is 4.38. The maximum atomic E-state index is 13.8. The van der Waals surface area contributed by atoms with Crippen molar-refractivity contribution in [2.75, 3.05) is 33.9 Å². The van der Waals surface area contributed by atoms with Crippen LogP contribution in [-0.4, -0.2) is 44.7 Å². The molecule has 0 radical (unpaired) electrons. The maximum Gasteiger partial charge on any atom is 0.242 e. The van der Waals surface area contributed by atoms with Gasteiger partial charge in [0, 0.05) is 18.7 Å². The van der Waals surface area contributed by atoms with Crippen molar-refractivity contribution >= 4 is 5.91 Å². The lowest BCUT2D eigenvalue weighted by Gasteiger charge is -2.24. The Balaban J connectivity index is 2.73. The van der Waals surface area contributed by atoms with Crippen LogP contribution in [0.5, 0.6) is 0 Å². The predicted octanol–water partition coefficient (Wildman–Crippen LogP) is 1.58. The van der Waals surface area contributed by atoms with Gasteiger partial charge < -0.3 is 10.1 Å². The van der Waals surface area contributed by atoms with Gasteiger partial charge in [0.05, 0.1) is 6.61 Å². The number of hydrogen-bond donors (Lipinski definition) is 1. The fraction of sp³-hybridized carbons (Fsp3) is 0.500. The Morgan fingerprint density at radius 3 is 2.68 bits per heavy atom. The first-order valence-corrected chi connectivity index (χ1v) is 6.34. The third-order valence-corrected chi connectivity index (χ3v) is 2.71. The summed E-state index contributed by atoms with van der Waals surface area (Å²) in [5.41, 5.74) is 0.376. The number of amides is 1. The van der Waals surface area contributed by atoms with Gasteiger partial charge in [0.2, 0.25) is 5.91 Å². The van der Waals surface area contributed by atoms with Gasteiger partial charge in [-0.3, -0.25) is 9.69 Å². The molecular weight excluding hydrogens is 247 g/mol. The van der Waals surface area contributed by atoms with Crippen LogP contribution in [0.2, 0.25) is 0 Å². The number of benzene rings is 1. The SMILES string of the molecule is CCOCCNC(=O)[C@H](c1ccccc1F)N(C)C. The van der Waals surface area contributed by atoms with Gasteiger partial charge in [0.15, 0.2) is 0 Å². The number of likely N-dealkylation sites (N-methyl/N-ethyl adjacent to an activating group) is 1. The zero-order valence-electron chi connectivity index (χ0n) is 11.6. The Morgan fingerprint density at radius 1 is 1.42 bits per heavy atom. The fourth-order valence-corrected chi connectivity index (χ4v) is 1.84. The maximum absolute atomic E-state index is 13.8. The summed E-state index contributed by atoms with van der Waals surface area (Å²) in [5.74, 6) is -0.601. The van der Waals surface area contributed by atoms with E-state index in [0.29, 0.717) is 25.3 Å². The minimum absolute atomic E-state index is 0.227. The Bertz CT molecular complexity index is 410. The summed E-state index contributed by atoms with van der Waals surface area (Å²) in [6.07, 6.45) is 0. The van der Waals surface area contributed by atoms with Gasteiger partial charge in [-0.25, -0.2) is 4.39 Å². The predicted molar refractivity (Wildman–Crippen MR) is 72.3 cm³/mol. The fourth-order valence-electron chi connectivity index (χ4n) is 1.84. The summed E-state index contributed by atoms with van der Waals surface area (Å²) in [6, 6.07) is 5.69. The minimum Gasteiger partial charge on any atom is -0.380 e. The van der Waals surface area contributed by atoms with Crippen LogP contribution in [0.3, 0.4) is 0 Å². The van der Waals surface area contributed by atoms with Gasteiger partial charge in [-0.15, -0.1) is 0 Å². The second kappa shape index (κ2) is 7.86. The Labute approximate surface area is 113 Å². The normalized spacial score (nSPS) is 12.5. The molecule has 5 heteroatoms. The van der Waals surface area contributed by atoms with E-state index >= 15 is 0 Å². The molecule has 0 heterocycles. The molecule has 0 aliphatic heterocycles. The van der Waals surface area contributed by atoms with Crippen LogP contribution in [0.4, 0.5) is 4.39 Å². The molecule has 1 N–H and O–H groups in total. The van der Waals surface area contributed by atoms with Crippen LogP contribution < -0.4 is 5.32 Å². The molecule has 0 saturated carbocycles. The van der Waals surface area contributed by atoms with Crippen molar-refractivity contribution in [3.8, 4) is 0 Å². The lowest BCUT2D eigenvalue weighted by molar-refractivity contribution is -0.126. The van der Waals surface area contributed by atoms with Gasteiger partial charge in [0.25, 0.3) is 0 Å². The van der Waals surface area contributed by atoms with Gasteiger partial charge in [-0.05, 0) is 27.1 Å². The molecule has 0 aromatic heterocycles. The number of halogens is 1. The Morgan fingerprint density at radius 2 is 2.11 bits per heavy atom. The van der Waals surface area contributed by atoms with Gasteiger partial charge in [-0.2, -0.15) is 0 Å². The van der Waals surface area contributed by atoms with E-state index in [0.717, 1.165) is 0 Å². The monoisotopic (exact) mass is 268 g/mol. The first-order chi connectivity index (χ1) is 9.07. The van der Waals surface area contributed by atoms with E-state index in [4.69, 9.17) is 4.74 Å². The van der Waals surface area contributed by atoms with Crippen LogP contribution in [0.15, 0.2) is 24.3 Å². The van der Waals surface area contributed by atoms with E-state index in [1.54, 1.807) is 37.2 Å². The van der Waals surface area contributed by atoms with Crippen molar-refractivity contribution in [3.05, 3.63) is 35.6 Å². The molecule has 0 bridgehead atoms. The zero-order chi connectivity index (χ0) is 14.3. The molecule has 19 heavy (non-hydrogen) atoms. The Kier molecular flexibility index (Phi) is 6.45. The molecule has 1 atom stereocenters. The summed E-state index contributed by atoms with van der Waals surface area (Å²) in [7, 11) is 3.50. The van der Waals surface area contributed by atoms with Crippen molar-refractivity contribution in [1.82, 2.24) is 10.2 Å². The smallest absolute Gasteiger partial charge is 0.242 e. The van der Waals surface area contributed by atoms with E-state index in [-0.39, 0.29) is 11.7 Å². The quantitative estimate of drug-likeness (QED) is 0.763. The standard InChI is InChI=1S/C14H21FN2O2/c1-4-19-10-9-16-14(18)13(17(2)3)11-7-5-6-8-12(11)15/h5-8,13H,4,9-10H2,1-3H3,(H,16,18)/t13-/m0/s1. The molecule has 0 fully saturated rings. The third kappa shape index (κ3) is 4.61. The number of carbonyl (C=O) groups is 1. The summed E-state index contributed by atoms with van der Waals surface area (Å²) >= 11 is 0. The average Bonchev–Trinajstić information content (AvgIpc) is 2.37. The Hall–Kier alpha value is -1.46. The van der Waals surface area contributed by atoms with Crippen molar-refractivity contribution < 1.29 is 13.9 Å². The molecule has 4 nitrogen and oxygen atoms in total. The van der Waals surface area contributed by atoms with E-state index in [9.17, 15) is 9.18 Å². The van der Waals surface area contributed by atoms with Crippen LogP contribution in [0.1, 0.15) is 18.5 Å². The van der Waals surface area contributed by atoms with E-state index < -0.39 is 6.04 Å². The molecule has 1 rings (SSSR count). The molecule has 0 saturated heterocycles.